The maximum atomic E-state index is 10.00. The van der Waals surface area contributed by atoms with Gasteiger partial charge in [0.1, 0.15) is 49.3 Å². The maximum Gasteiger partial charge on any atom is 0.224 e. The van der Waals surface area contributed by atoms with Gasteiger partial charge in [-0.25, -0.2) is 0 Å². The summed E-state index contributed by atoms with van der Waals surface area (Å²) in [4.78, 5) is 0. The van der Waals surface area contributed by atoms with Gasteiger partial charge in [-0.2, -0.15) is 0 Å². The largest absolute Gasteiger partial charge is 0.394 e. The third-order valence-corrected chi connectivity index (χ3v) is 4.07. The normalized spacial score (nSPS) is 49.0. The molecule has 0 spiro atoms. The Hall–Kier alpha value is 0.248. The number of rotatable bonds is 5. The maximum absolute atomic E-state index is 10.00. The summed E-state index contributed by atoms with van der Waals surface area (Å²) < 4.78 is 15.4. The standard InChI is InChI=1S/C12H22O11.W/c13-1-4-6(16)8(18)9(19)11(21-4)23-12(3-15)10(20)7(17)5(2-14)22-12;/h4-11,13-20H,1-3H2;/t4-,5-,6-,7-,8+,9-,10+,11-,12?;/m1./s1. The summed E-state index contributed by atoms with van der Waals surface area (Å²) in [5.74, 6) is -2.22. The van der Waals surface area contributed by atoms with Crippen LogP contribution < -0.4 is 0 Å². The topological polar surface area (TPSA) is 190 Å². The second-order valence-electron chi connectivity index (χ2n) is 5.56. The molecule has 2 saturated heterocycles. The summed E-state index contributed by atoms with van der Waals surface area (Å²) in [5, 5.41) is 76.7. The van der Waals surface area contributed by atoms with Gasteiger partial charge in [0.25, 0.3) is 0 Å². The molecule has 12 heteroatoms. The number of ether oxygens (including phenoxy) is 3. The van der Waals surface area contributed by atoms with E-state index in [0.29, 0.717) is 0 Å². The van der Waals surface area contributed by atoms with Gasteiger partial charge in [0.05, 0.1) is 13.2 Å². The van der Waals surface area contributed by atoms with Crippen LogP contribution in [0.4, 0.5) is 0 Å². The van der Waals surface area contributed by atoms with Crippen molar-refractivity contribution in [2.24, 2.45) is 0 Å². The van der Waals surface area contributed by atoms with E-state index in [1.54, 1.807) is 0 Å². The molecule has 2 heterocycles. The van der Waals surface area contributed by atoms with Gasteiger partial charge >= 0.3 is 0 Å². The molecule has 142 valence electrons. The first-order chi connectivity index (χ1) is 10.8. The van der Waals surface area contributed by atoms with E-state index in [-0.39, 0.29) is 21.1 Å². The number of aliphatic hydroxyl groups excluding tert-OH is 8. The Morgan fingerprint density at radius 2 is 1.38 bits per heavy atom. The number of hydrogen-bond donors (Lipinski definition) is 8. The first-order valence-electron chi connectivity index (χ1n) is 7.05. The molecule has 0 bridgehead atoms. The van der Waals surface area contributed by atoms with Crippen molar-refractivity contribution < 1.29 is 76.1 Å². The quantitative estimate of drug-likeness (QED) is 0.171. The van der Waals surface area contributed by atoms with E-state index in [1.165, 1.54) is 0 Å². The minimum atomic E-state index is -2.22. The summed E-state index contributed by atoms with van der Waals surface area (Å²) in [6.45, 7) is -2.32. The molecular formula is C12H22O11W. The molecule has 9 atom stereocenters. The van der Waals surface area contributed by atoms with Gasteiger partial charge in [-0.3, -0.25) is 0 Å². The molecular weight excluding hydrogens is 504 g/mol. The van der Waals surface area contributed by atoms with Gasteiger partial charge in [0.2, 0.25) is 5.79 Å². The molecule has 0 aliphatic carbocycles. The molecule has 0 saturated carbocycles. The molecule has 2 aliphatic heterocycles. The van der Waals surface area contributed by atoms with E-state index in [9.17, 15) is 30.6 Å². The van der Waals surface area contributed by atoms with Crippen LogP contribution in [0.3, 0.4) is 0 Å². The molecule has 24 heavy (non-hydrogen) atoms. The van der Waals surface area contributed by atoms with Crippen molar-refractivity contribution in [3.63, 3.8) is 0 Å². The SMILES string of the molecule is OC[C@H]1OC(CO)(O[C@H]2O[C@H](CO)[C@@H](O)[C@H](O)[C@H]2O)[C@@H](O)[C@@H]1O.[W]. The number of aliphatic hydroxyl groups is 8. The average Bonchev–Trinajstić information content (AvgIpc) is 2.80. The molecule has 2 fully saturated rings. The Morgan fingerprint density at radius 1 is 0.792 bits per heavy atom. The van der Waals surface area contributed by atoms with Crippen LogP contribution in [-0.4, -0.2) is 115 Å². The van der Waals surface area contributed by atoms with Gasteiger partial charge in [0, 0.05) is 21.1 Å². The van der Waals surface area contributed by atoms with Gasteiger partial charge in [-0.1, -0.05) is 0 Å². The Bertz CT molecular complexity index is 399. The van der Waals surface area contributed by atoms with Gasteiger partial charge < -0.3 is 55.1 Å². The molecule has 1 unspecified atom stereocenters. The average molecular weight is 526 g/mol. The fraction of sp³-hybridized carbons (Fsp3) is 1.00. The van der Waals surface area contributed by atoms with Gasteiger partial charge in [0.15, 0.2) is 6.29 Å². The number of hydrogen-bond acceptors (Lipinski definition) is 11. The van der Waals surface area contributed by atoms with Crippen LogP contribution in [0.2, 0.25) is 0 Å². The molecule has 0 radical (unpaired) electrons. The Kier molecular flexibility index (Phi) is 8.13. The molecule has 0 aromatic carbocycles. The first-order valence-corrected chi connectivity index (χ1v) is 7.05. The van der Waals surface area contributed by atoms with Crippen molar-refractivity contribution in [1.29, 1.82) is 0 Å². The van der Waals surface area contributed by atoms with Crippen molar-refractivity contribution >= 4 is 0 Å². The fourth-order valence-corrected chi connectivity index (χ4v) is 2.63. The summed E-state index contributed by atoms with van der Waals surface area (Å²) in [6, 6.07) is 0. The molecule has 8 N–H and O–H groups in total. The van der Waals surface area contributed by atoms with Crippen LogP contribution in [-0.2, 0) is 35.3 Å². The van der Waals surface area contributed by atoms with E-state index in [4.69, 9.17) is 24.4 Å². The van der Waals surface area contributed by atoms with E-state index in [2.05, 4.69) is 0 Å². The minimum Gasteiger partial charge on any atom is -0.394 e. The third kappa shape index (κ3) is 3.82. The predicted octanol–water partition coefficient (Wildman–Crippen LogP) is -5.40. The summed E-state index contributed by atoms with van der Waals surface area (Å²) in [6.07, 6.45) is -12.7. The van der Waals surface area contributed by atoms with Crippen LogP contribution in [0.25, 0.3) is 0 Å². The van der Waals surface area contributed by atoms with Crippen LogP contribution in [0.15, 0.2) is 0 Å². The molecule has 11 nitrogen and oxygen atoms in total. The fourth-order valence-electron chi connectivity index (χ4n) is 2.63. The Morgan fingerprint density at radius 3 is 1.83 bits per heavy atom. The molecule has 2 aliphatic rings. The molecule has 0 aromatic rings. The van der Waals surface area contributed by atoms with Gasteiger partial charge in [-0.05, 0) is 0 Å². The predicted molar refractivity (Wildman–Crippen MR) is 68.6 cm³/mol. The Balaban J connectivity index is 0.00000288. The molecule has 0 amide bonds. The van der Waals surface area contributed by atoms with Crippen LogP contribution >= 0.6 is 0 Å². The van der Waals surface area contributed by atoms with Crippen molar-refractivity contribution in [3.05, 3.63) is 0 Å². The summed E-state index contributed by atoms with van der Waals surface area (Å²) >= 11 is 0. The van der Waals surface area contributed by atoms with Gasteiger partial charge in [-0.15, -0.1) is 0 Å². The van der Waals surface area contributed by atoms with E-state index < -0.39 is 74.6 Å². The first kappa shape index (κ1) is 22.3. The smallest absolute Gasteiger partial charge is 0.224 e. The zero-order valence-corrected chi connectivity index (χ0v) is 15.4. The van der Waals surface area contributed by atoms with E-state index in [0.717, 1.165) is 0 Å². The van der Waals surface area contributed by atoms with Crippen LogP contribution in [0, 0.1) is 0 Å². The third-order valence-electron chi connectivity index (χ3n) is 4.07. The summed E-state index contributed by atoms with van der Waals surface area (Å²) in [7, 11) is 0. The Labute approximate surface area is 151 Å². The van der Waals surface area contributed by atoms with Crippen LogP contribution in [0.1, 0.15) is 0 Å². The zero-order chi connectivity index (χ0) is 17.4. The van der Waals surface area contributed by atoms with E-state index in [1.807, 2.05) is 0 Å². The van der Waals surface area contributed by atoms with Crippen molar-refractivity contribution in [1.82, 2.24) is 0 Å². The van der Waals surface area contributed by atoms with Crippen molar-refractivity contribution in [2.75, 3.05) is 19.8 Å². The minimum absolute atomic E-state index is 0. The van der Waals surface area contributed by atoms with Crippen molar-refractivity contribution in [3.8, 4) is 0 Å². The van der Waals surface area contributed by atoms with Crippen LogP contribution in [0.5, 0.6) is 0 Å². The molecule has 0 aromatic heterocycles. The molecule has 2 rings (SSSR count). The van der Waals surface area contributed by atoms with E-state index >= 15 is 0 Å². The monoisotopic (exact) mass is 526 g/mol. The van der Waals surface area contributed by atoms with Crippen molar-refractivity contribution in [2.45, 2.75) is 54.8 Å². The zero-order valence-electron chi connectivity index (χ0n) is 12.5. The second-order valence-corrected chi connectivity index (χ2v) is 5.56. The second kappa shape index (κ2) is 8.76. The summed E-state index contributed by atoms with van der Waals surface area (Å²) in [5.41, 5.74) is 0.